The highest BCUT2D eigenvalue weighted by atomic mass is 19.1. The lowest BCUT2D eigenvalue weighted by Gasteiger charge is -2.26. The zero-order valence-corrected chi connectivity index (χ0v) is 17.9. The molecule has 0 bridgehead atoms. The van der Waals surface area contributed by atoms with E-state index in [-0.39, 0.29) is 11.9 Å². The molecule has 30 heavy (non-hydrogen) atoms. The summed E-state index contributed by atoms with van der Waals surface area (Å²) in [5.74, 6) is 1.02. The molecule has 158 valence electrons. The second kappa shape index (κ2) is 7.67. The van der Waals surface area contributed by atoms with Crippen LogP contribution < -0.4 is 4.74 Å². The van der Waals surface area contributed by atoms with E-state index in [9.17, 15) is 9.18 Å². The molecule has 6 heteroatoms. The molecule has 2 aromatic carbocycles. The summed E-state index contributed by atoms with van der Waals surface area (Å²) >= 11 is 0. The number of nitrogens with zero attached hydrogens (tertiary/aromatic N) is 2. The van der Waals surface area contributed by atoms with Gasteiger partial charge in [0, 0.05) is 43.7 Å². The van der Waals surface area contributed by atoms with Gasteiger partial charge < -0.3 is 18.9 Å². The molecule has 0 unspecified atom stereocenters. The number of halogens is 1. The topological polar surface area (TPSA) is 43.7 Å². The first kappa shape index (κ1) is 20.3. The molecule has 0 aliphatic carbocycles. The van der Waals surface area contributed by atoms with E-state index in [0.29, 0.717) is 24.6 Å². The van der Waals surface area contributed by atoms with Crippen LogP contribution in [0.2, 0.25) is 0 Å². The minimum absolute atomic E-state index is 0.255. The van der Waals surface area contributed by atoms with Gasteiger partial charge in [0.2, 0.25) is 0 Å². The average Bonchev–Trinajstić information content (AvgIpc) is 2.83. The summed E-state index contributed by atoms with van der Waals surface area (Å²) in [5.41, 5.74) is 3.09. The molecule has 2 heterocycles. The molecule has 1 aliphatic heterocycles. The number of carbonyl (C=O) groups excluding carboxylic acids is 1. The van der Waals surface area contributed by atoms with Crippen LogP contribution in [0.4, 0.5) is 9.18 Å². The number of ether oxygens (including phenoxy) is 2. The van der Waals surface area contributed by atoms with Crippen molar-refractivity contribution in [2.75, 3.05) is 13.1 Å². The Bertz CT molecular complexity index is 1080. The van der Waals surface area contributed by atoms with Gasteiger partial charge in [-0.3, -0.25) is 0 Å². The van der Waals surface area contributed by atoms with Gasteiger partial charge in [0.1, 0.15) is 22.9 Å². The summed E-state index contributed by atoms with van der Waals surface area (Å²) in [5, 5.41) is 1.17. The number of rotatable bonds is 2. The Morgan fingerprint density at radius 2 is 1.67 bits per heavy atom. The first-order valence-electron chi connectivity index (χ1n) is 10.2. The third-order valence-electron chi connectivity index (χ3n) is 5.36. The highest BCUT2D eigenvalue weighted by Crippen LogP contribution is 2.33. The Morgan fingerprint density at radius 1 is 1.00 bits per heavy atom. The van der Waals surface area contributed by atoms with Crippen molar-refractivity contribution in [3.63, 3.8) is 0 Å². The van der Waals surface area contributed by atoms with Crippen LogP contribution in [-0.4, -0.2) is 34.3 Å². The van der Waals surface area contributed by atoms with E-state index < -0.39 is 5.60 Å². The van der Waals surface area contributed by atoms with E-state index in [4.69, 9.17) is 9.47 Å². The van der Waals surface area contributed by atoms with Gasteiger partial charge in [-0.1, -0.05) is 0 Å². The molecule has 3 aromatic rings. The van der Waals surface area contributed by atoms with E-state index in [1.165, 1.54) is 28.8 Å². The lowest BCUT2D eigenvalue weighted by atomic mass is 10.1. The van der Waals surface area contributed by atoms with E-state index in [2.05, 4.69) is 10.6 Å². The van der Waals surface area contributed by atoms with Crippen molar-refractivity contribution in [3.05, 3.63) is 59.5 Å². The summed E-state index contributed by atoms with van der Waals surface area (Å²) in [6, 6.07) is 12.0. The number of aromatic nitrogens is 1. The summed E-state index contributed by atoms with van der Waals surface area (Å²) in [4.78, 5) is 14.3. The summed E-state index contributed by atoms with van der Waals surface area (Å²) in [6.45, 7) is 6.92. The molecular formula is C24H27FN2O3. The summed E-state index contributed by atoms with van der Waals surface area (Å²) in [7, 11) is 2.05. The molecule has 0 spiro atoms. The number of fused-ring (bicyclic) bond motifs is 3. The van der Waals surface area contributed by atoms with Gasteiger partial charge in [-0.25, -0.2) is 9.18 Å². The standard InChI is InChI=1S/C24H27FN2O3/c1-24(2,3)30-23(28)27-13-11-20-19-10-9-18(29-17-7-5-16(25)6-8-17)15-22(19)26(4)21(20)12-14-27/h5-10,15H,11-14H2,1-4H3. The molecule has 0 radical (unpaired) electrons. The van der Waals surface area contributed by atoms with Gasteiger partial charge in [0.05, 0.1) is 5.52 Å². The van der Waals surface area contributed by atoms with Crippen LogP contribution in [0, 0.1) is 5.82 Å². The fourth-order valence-electron chi connectivity index (χ4n) is 3.96. The van der Waals surface area contributed by atoms with Gasteiger partial charge in [-0.05, 0) is 69.2 Å². The van der Waals surface area contributed by atoms with Gasteiger partial charge in [-0.15, -0.1) is 0 Å². The zero-order chi connectivity index (χ0) is 21.5. The first-order chi connectivity index (χ1) is 14.2. The van der Waals surface area contributed by atoms with Gasteiger partial charge in [0.15, 0.2) is 0 Å². The maximum absolute atomic E-state index is 13.1. The quantitative estimate of drug-likeness (QED) is 0.565. The monoisotopic (exact) mass is 410 g/mol. The van der Waals surface area contributed by atoms with Crippen LogP contribution in [-0.2, 0) is 24.6 Å². The highest BCUT2D eigenvalue weighted by Gasteiger charge is 2.26. The molecule has 5 nitrogen and oxygen atoms in total. The third-order valence-corrected chi connectivity index (χ3v) is 5.36. The Labute approximate surface area is 176 Å². The fraction of sp³-hybridized carbons (Fsp3) is 0.375. The van der Waals surface area contributed by atoms with Crippen molar-refractivity contribution in [3.8, 4) is 11.5 Å². The Balaban J connectivity index is 1.57. The molecule has 0 N–H and O–H groups in total. The summed E-state index contributed by atoms with van der Waals surface area (Å²) < 4.78 is 26.7. The average molecular weight is 410 g/mol. The minimum Gasteiger partial charge on any atom is -0.457 e. The molecular weight excluding hydrogens is 383 g/mol. The minimum atomic E-state index is -0.496. The maximum atomic E-state index is 13.1. The number of hydrogen-bond acceptors (Lipinski definition) is 3. The van der Waals surface area contributed by atoms with Crippen LogP contribution in [0.25, 0.3) is 10.9 Å². The van der Waals surface area contributed by atoms with E-state index in [1.807, 2.05) is 40.0 Å². The Hall–Kier alpha value is -3.02. The second-order valence-corrected chi connectivity index (χ2v) is 8.69. The van der Waals surface area contributed by atoms with Crippen LogP contribution >= 0.6 is 0 Å². The van der Waals surface area contributed by atoms with Gasteiger partial charge >= 0.3 is 6.09 Å². The molecule has 1 aromatic heterocycles. The van der Waals surface area contributed by atoms with Crippen molar-refractivity contribution in [1.29, 1.82) is 0 Å². The molecule has 0 atom stereocenters. The van der Waals surface area contributed by atoms with Crippen LogP contribution in [0.5, 0.6) is 11.5 Å². The van der Waals surface area contributed by atoms with Crippen molar-refractivity contribution < 1.29 is 18.7 Å². The van der Waals surface area contributed by atoms with Gasteiger partial charge in [-0.2, -0.15) is 0 Å². The predicted molar refractivity (Wildman–Crippen MR) is 115 cm³/mol. The number of benzene rings is 2. The molecule has 1 aliphatic rings. The highest BCUT2D eigenvalue weighted by molar-refractivity contribution is 5.87. The van der Waals surface area contributed by atoms with Crippen molar-refractivity contribution in [2.24, 2.45) is 7.05 Å². The molecule has 0 saturated heterocycles. The lowest BCUT2D eigenvalue weighted by Crippen LogP contribution is -2.38. The zero-order valence-electron chi connectivity index (χ0n) is 17.9. The lowest BCUT2D eigenvalue weighted by molar-refractivity contribution is 0.0258. The molecule has 0 fully saturated rings. The maximum Gasteiger partial charge on any atom is 0.410 e. The van der Waals surface area contributed by atoms with Crippen LogP contribution in [0.3, 0.4) is 0 Å². The largest absolute Gasteiger partial charge is 0.457 e. The van der Waals surface area contributed by atoms with Crippen molar-refractivity contribution in [2.45, 2.75) is 39.2 Å². The van der Waals surface area contributed by atoms with E-state index in [1.54, 1.807) is 17.0 Å². The van der Waals surface area contributed by atoms with Crippen molar-refractivity contribution in [1.82, 2.24) is 9.47 Å². The van der Waals surface area contributed by atoms with Gasteiger partial charge in [0.25, 0.3) is 0 Å². The van der Waals surface area contributed by atoms with Crippen molar-refractivity contribution >= 4 is 17.0 Å². The number of hydrogen-bond donors (Lipinski definition) is 0. The summed E-state index contributed by atoms with van der Waals surface area (Å²) in [6.07, 6.45) is 1.30. The number of amides is 1. The Morgan fingerprint density at radius 3 is 2.37 bits per heavy atom. The number of carbonyl (C=O) groups is 1. The third kappa shape index (κ3) is 4.13. The van der Waals surface area contributed by atoms with Crippen LogP contribution in [0.15, 0.2) is 42.5 Å². The predicted octanol–water partition coefficient (Wildman–Crippen LogP) is 5.45. The molecule has 0 saturated carbocycles. The number of aryl methyl sites for hydroxylation is 1. The first-order valence-corrected chi connectivity index (χ1v) is 10.2. The molecule has 1 amide bonds. The second-order valence-electron chi connectivity index (χ2n) is 8.69. The SMILES string of the molecule is Cn1c2c(c3ccc(Oc4ccc(F)cc4)cc31)CCN(C(=O)OC(C)(C)C)CC2. The Kier molecular flexibility index (Phi) is 5.18. The van der Waals surface area contributed by atoms with E-state index in [0.717, 1.165) is 18.4 Å². The van der Waals surface area contributed by atoms with E-state index >= 15 is 0 Å². The normalized spacial score (nSPS) is 14.4. The fourth-order valence-corrected chi connectivity index (χ4v) is 3.96. The molecule has 4 rings (SSSR count). The smallest absolute Gasteiger partial charge is 0.410 e. The van der Waals surface area contributed by atoms with Crippen LogP contribution in [0.1, 0.15) is 32.0 Å².